The normalized spacial score (nSPS) is 15.6. The van der Waals surface area contributed by atoms with Crippen molar-refractivity contribution in [3.05, 3.63) is 65.2 Å². The highest BCUT2D eigenvalue weighted by Crippen LogP contribution is 2.32. The van der Waals surface area contributed by atoms with Gasteiger partial charge in [-0.1, -0.05) is 18.2 Å². The Balaban J connectivity index is 1.42. The number of carbonyl (C=O) groups excluding carboxylic acids is 1. The fourth-order valence-electron chi connectivity index (χ4n) is 3.67. The molecule has 0 unspecified atom stereocenters. The highest BCUT2D eigenvalue weighted by Gasteiger charge is 2.32. The van der Waals surface area contributed by atoms with Crippen molar-refractivity contribution < 1.29 is 31.5 Å². The van der Waals surface area contributed by atoms with E-state index in [1.807, 2.05) is 0 Å². The minimum atomic E-state index is -4.43. The van der Waals surface area contributed by atoms with E-state index in [4.69, 9.17) is 9.15 Å². The molecule has 2 aromatic carbocycles. The monoisotopic (exact) mass is 421 g/mol. The number of hydrogen-bond donors (Lipinski definition) is 0. The summed E-state index contributed by atoms with van der Waals surface area (Å²) in [7, 11) is 0. The molecule has 1 aromatic heterocycles. The van der Waals surface area contributed by atoms with E-state index < -0.39 is 17.6 Å². The van der Waals surface area contributed by atoms with Crippen LogP contribution in [-0.4, -0.2) is 30.0 Å². The number of alkyl halides is 3. The molecule has 0 saturated carbocycles. The number of fused-ring (bicyclic) bond motifs is 1. The summed E-state index contributed by atoms with van der Waals surface area (Å²) in [4.78, 5) is 14.5. The van der Waals surface area contributed by atoms with Crippen molar-refractivity contribution >= 4 is 16.9 Å². The number of para-hydroxylation sites is 1. The average molecular weight is 421 g/mol. The lowest BCUT2D eigenvalue weighted by molar-refractivity contribution is -0.137. The Bertz CT molecular complexity index is 1080. The number of piperidine rings is 1. The lowest BCUT2D eigenvalue weighted by Gasteiger charge is -2.32. The number of aryl methyl sites for hydroxylation is 1. The van der Waals surface area contributed by atoms with E-state index in [-0.39, 0.29) is 29.1 Å². The summed E-state index contributed by atoms with van der Waals surface area (Å²) in [6.07, 6.45) is -3.80. The second-order valence-electron chi connectivity index (χ2n) is 7.31. The third-order valence-electron chi connectivity index (χ3n) is 5.30. The molecule has 1 amide bonds. The predicted molar refractivity (Wildman–Crippen MR) is 102 cm³/mol. The van der Waals surface area contributed by atoms with Gasteiger partial charge in [-0.05, 0) is 31.2 Å². The summed E-state index contributed by atoms with van der Waals surface area (Å²) < 4.78 is 63.7. The Morgan fingerprint density at radius 2 is 1.83 bits per heavy atom. The van der Waals surface area contributed by atoms with E-state index in [1.165, 1.54) is 18.2 Å². The second kappa shape index (κ2) is 7.66. The maximum atomic E-state index is 13.9. The molecule has 3 aromatic rings. The highest BCUT2D eigenvalue weighted by atomic mass is 19.4. The zero-order valence-electron chi connectivity index (χ0n) is 16.1. The molecular formula is C22H19F4NO3. The first kappa shape index (κ1) is 20.3. The van der Waals surface area contributed by atoms with Crippen molar-refractivity contribution in [2.24, 2.45) is 0 Å². The number of amides is 1. The zero-order chi connectivity index (χ0) is 21.5. The van der Waals surface area contributed by atoms with Crippen LogP contribution < -0.4 is 4.74 Å². The Kier molecular flexibility index (Phi) is 5.17. The average Bonchev–Trinajstić information content (AvgIpc) is 3.06. The lowest BCUT2D eigenvalue weighted by atomic mass is 10.1. The summed E-state index contributed by atoms with van der Waals surface area (Å²) in [5.41, 5.74) is -0.127. The third kappa shape index (κ3) is 3.86. The van der Waals surface area contributed by atoms with Crippen molar-refractivity contribution in [3.8, 4) is 5.75 Å². The van der Waals surface area contributed by atoms with Gasteiger partial charge in [0.1, 0.15) is 11.9 Å². The van der Waals surface area contributed by atoms with Gasteiger partial charge in [-0.25, -0.2) is 4.39 Å². The van der Waals surface area contributed by atoms with E-state index in [0.29, 0.717) is 36.9 Å². The number of furan rings is 1. The Morgan fingerprint density at radius 3 is 2.50 bits per heavy atom. The lowest BCUT2D eigenvalue weighted by Crippen LogP contribution is -2.41. The van der Waals surface area contributed by atoms with Gasteiger partial charge in [-0.3, -0.25) is 4.79 Å². The van der Waals surface area contributed by atoms with Crippen LogP contribution in [-0.2, 0) is 6.18 Å². The summed E-state index contributed by atoms with van der Waals surface area (Å²) in [6, 6.07) is 9.29. The van der Waals surface area contributed by atoms with Crippen molar-refractivity contribution in [1.82, 2.24) is 4.90 Å². The molecule has 30 heavy (non-hydrogen) atoms. The first-order chi connectivity index (χ1) is 14.2. The molecule has 0 N–H and O–H groups in total. The molecule has 0 aliphatic carbocycles. The molecule has 2 heterocycles. The number of rotatable bonds is 3. The number of benzene rings is 2. The maximum Gasteiger partial charge on any atom is 0.416 e. The van der Waals surface area contributed by atoms with Crippen LogP contribution in [0.5, 0.6) is 5.75 Å². The highest BCUT2D eigenvalue weighted by molar-refractivity contribution is 5.99. The van der Waals surface area contributed by atoms with Crippen molar-refractivity contribution in [1.29, 1.82) is 0 Å². The smallest absolute Gasteiger partial charge is 0.416 e. The van der Waals surface area contributed by atoms with Crippen LogP contribution in [0.3, 0.4) is 0 Å². The summed E-state index contributed by atoms with van der Waals surface area (Å²) in [5, 5.41) is 0.557. The maximum absolute atomic E-state index is 13.9. The fraction of sp³-hybridized carbons (Fsp3) is 0.318. The fourth-order valence-corrected chi connectivity index (χ4v) is 3.67. The van der Waals surface area contributed by atoms with Crippen LogP contribution in [0.1, 0.15) is 34.5 Å². The van der Waals surface area contributed by atoms with E-state index in [1.54, 1.807) is 24.0 Å². The van der Waals surface area contributed by atoms with Gasteiger partial charge in [-0.2, -0.15) is 13.2 Å². The summed E-state index contributed by atoms with van der Waals surface area (Å²) >= 11 is 0. The molecule has 158 valence electrons. The van der Waals surface area contributed by atoms with Crippen LogP contribution in [0.2, 0.25) is 0 Å². The molecule has 1 saturated heterocycles. The molecule has 0 radical (unpaired) electrons. The number of hydrogen-bond acceptors (Lipinski definition) is 3. The van der Waals surface area contributed by atoms with Crippen molar-refractivity contribution in [3.63, 3.8) is 0 Å². The standard InChI is InChI=1S/C22H19F4NO3/c1-13-17-6-3-7-18(23)20(17)30-19(13)21(28)27-10-8-15(9-11-27)29-16-5-2-4-14(12-16)22(24,25)26/h2-7,12,15H,8-11H2,1H3. The SMILES string of the molecule is Cc1c(C(=O)N2CCC(Oc3cccc(C(F)(F)F)c3)CC2)oc2c(F)cccc12. The van der Waals surface area contributed by atoms with Gasteiger partial charge in [0.15, 0.2) is 17.2 Å². The number of carbonyl (C=O) groups is 1. The van der Waals surface area contributed by atoms with E-state index in [9.17, 15) is 22.4 Å². The molecule has 8 heteroatoms. The topological polar surface area (TPSA) is 42.7 Å². The molecule has 1 aliphatic heterocycles. The molecule has 4 rings (SSSR count). The molecule has 0 atom stereocenters. The van der Waals surface area contributed by atoms with Crippen LogP contribution in [0, 0.1) is 12.7 Å². The molecule has 1 fully saturated rings. The summed E-state index contributed by atoms with van der Waals surface area (Å²) in [6.45, 7) is 2.44. The minimum Gasteiger partial charge on any atom is -0.490 e. The molecule has 0 spiro atoms. The number of likely N-dealkylation sites (tertiary alicyclic amines) is 1. The quantitative estimate of drug-likeness (QED) is 0.519. The van der Waals surface area contributed by atoms with Gasteiger partial charge in [0.2, 0.25) is 0 Å². The Labute approximate surface area is 170 Å². The van der Waals surface area contributed by atoms with E-state index >= 15 is 0 Å². The first-order valence-electron chi connectivity index (χ1n) is 9.55. The van der Waals surface area contributed by atoms with Gasteiger partial charge >= 0.3 is 6.18 Å². The minimum absolute atomic E-state index is 0.0566. The van der Waals surface area contributed by atoms with Crippen LogP contribution in [0.15, 0.2) is 46.9 Å². The van der Waals surface area contributed by atoms with Gasteiger partial charge in [0.05, 0.1) is 5.56 Å². The Hall–Kier alpha value is -3.03. The summed E-state index contributed by atoms with van der Waals surface area (Å²) in [5.74, 6) is -0.603. The van der Waals surface area contributed by atoms with Crippen molar-refractivity contribution in [2.45, 2.75) is 32.0 Å². The molecular weight excluding hydrogens is 402 g/mol. The van der Waals surface area contributed by atoms with Gasteiger partial charge in [0.25, 0.3) is 5.91 Å². The number of ether oxygens (including phenoxy) is 1. The van der Waals surface area contributed by atoms with Gasteiger partial charge < -0.3 is 14.1 Å². The zero-order valence-corrected chi connectivity index (χ0v) is 16.1. The number of halogens is 4. The number of nitrogens with zero attached hydrogens (tertiary/aromatic N) is 1. The third-order valence-corrected chi connectivity index (χ3v) is 5.30. The second-order valence-corrected chi connectivity index (χ2v) is 7.31. The van der Waals surface area contributed by atoms with Crippen molar-refractivity contribution in [2.75, 3.05) is 13.1 Å². The largest absolute Gasteiger partial charge is 0.490 e. The first-order valence-corrected chi connectivity index (χ1v) is 9.55. The van der Waals surface area contributed by atoms with Crippen LogP contribution >= 0.6 is 0 Å². The molecule has 4 nitrogen and oxygen atoms in total. The van der Waals surface area contributed by atoms with E-state index in [2.05, 4.69) is 0 Å². The van der Waals surface area contributed by atoms with E-state index in [0.717, 1.165) is 12.1 Å². The Morgan fingerprint density at radius 1 is 1.13 bits per heavy atom. The predicted octanol–water partition coefficient (Wildman–Crippen LogP) is 5.58. The molecule has 0 bridgehead atoms. The van der Waals surface area contributed by atoms with Gasteiger partial charge in [-0.15, -0.1) is 0 Å². The molecule has 1 aliphatic rings. The van der Waals surface area contributed by atoms with Gasteiger partial charge in [0, 0.05) is 36.9 Å². The van der Waals surface area contributed by atoms with Crippen LogP contribution in [0.4, 0.5) is 17.6 Å². The van der Waals surface area contributed by atoms with Crippen LogP contribution in [0.25, 0.3) is 11.0 Å².